The maximum absolute atomic E-state index is 9.72. The van der Waals surface area contributed by atoms with Gasteiger partial charge in [0.2, 0.25) is 0 Å². The van der Waals surface area contributed by atoms with Gasteiger partial charge in [0.25, 0.3) is 0 Å². The maximum atomic E-state index is 9.72. The first-order chi connectivity index (χ1) is 7.53. The third-order valence-corrected chi connectivity index (χ3v) is 3.99. The largest absolute Gasteiger partial charge is 0.390 e. The first-order valence-corrected chi connectivity index (χ1v) is 6.96. The lowest BCUT2D eigenvalue weighted by molar-refractivity contribution is 0.0810. The van der Waals surface area contributed by atoms with Crippen molar-refractivity contribution in [2.75, 3.05) is 5.75 Å². The van der Waals surface area contributed by atoms with Gasteiger partial charge in [0, 0.05) is 17.1 Å². The van der Waals surface area contributed by atoms with E-state index in [0.717, 1.165) is 12.3 Å². The van der Waals surface area contributed by atoms with Gasteiger partial charge < -0.3 is 5.11 Å². The summed E-state index contributed by atoms with van der Waals surface area (Å²) in [5.41, 5.74) is 0.603. The molecule has 0 saturated heterocycles. The lowest BCUT2D eigenvalue weighted by Gasteiger charge is -2.16. The van der Waals surface area contributed by atoms with Gasteiger partial charge in [-0.15, -0.1) is 11.8 Å². The molecule has 0 aliphatic heterocycles. The molecule has 0 spiro atoms. The Morgan fingerprint density at radius 3 is 2.38 bits per heavy atom. The van der Waals surface area contributed by atoms with Gasteiger partial charge in [0.1, 0.15) is 0 Å². The Bertz CT molecular complexity index is 333. The van der Waals surface area contributed by atoms with Crippen molar-refractivity contribution < 1.29 is 5.11 Å². The molecule has 2 heteroatoms. The van der Waals surface area contributed by atoms with Crippen molar-refractivity contribution >= 4 is 11.8 Å². The molecule has 0 radical (unpaired) electrons. The number of benzene rings is 1. The molecular weight excluding hydrogens is 216 g/mol. The fourth-order valence-corrected chi connectivity index (χ4v) is 2.79. The predicted octanol–water partition coefficient (Wildman–Crippen LogP) is 3.50. The summed E-state index contributed by atoms with van der Waals surface area (Å²) in [6.07, 6.45) is 3.56. The van der Waals surface area contributed by atoms with Crippen LogP contribution >= 0.6 is 11.8 Å². The Balaban J connectivity index is 1.87. The van der Waals surface area contributed by atoms with E-state index in [2.05, 4.69) is 24.3 Å². The summed E-state index contributed by atoms with van der Waals surface area (Å²) >= 11 is 1.96. The Morgan fingerprint density at radius 1 is 1.25 bits per heavy atom. The lowest BCUT2D eigenvalue weighted by atomic mass is 9.99. The van der Waals surface area contributed by atoms with Crippen LogP contribution in [0.3, 0.4) is 0 Å². The van der Waals surface area contributed by atoms with Gasteiger partial charge in [-0.2, -0.15) is 0 Å². The van der Waals surface area contributed by atoms with Crippen molar-refractivity contribution in [3.8, 4) is 0 Å². The van der Waals surface area contributed by atoms with Gasteiger partial charge in [0.05, 0.1) is 5.60 Å². The predicted molar refractivity (Wildman–Crippen MR) is 69.9 cm³/mol. The normalized spacial score (nSPS) is 16.4. The van der Waals surface area contributed by atoms with Crippen LogP contribution in [0.15, 0.2) is 29.2 Å². The molecule has 1 nitrogen and oxygen atoms in total. The summed E-state index contributed by atoms with van der Waals surface area (Å²) in [7, 11) is 0. The average Bonchev–Trinajstić information content (AvgIpc) is 2.98. The van der Waals surface area contributed by atoms with E-state index in [1.54, 1.807) is 0 Å². The zero-order valence-electron chi connectivity index (χ0n) is 10.1. The standard InChI is InChI=1S/C14H20OS/c1-14(2,15)9-11-5-7-13(8-6-11)16-10-12-3-4-12/h5-8,12,15H,3-4,9-10H2,1-2H3. The fourth-order valence-electron chi connectivity index (χ4n) is 1.70. The van der Waals surface area contributed by atoms with Crippen molar-refractivity contribution in [2.24, 2.45) is 5.92 Å². The maximum Gasteiger partial charge on any atom is 0.0631 e. The SMILES string of the molecule is CC(C)(O)Cc1ccc(SCC2CC2)cc1. The minimum atomic E-state index is -0.608. The molecule has 1 fully saturated rings. The molecule has 0 heterocycles. The number of hydrogen-bond donors (Lipinski definition) is 1. The Kier molecular flexibility index (Phi) is 3.60. The fraction of sp³-hybridized carbons (Fsp3) is 0.571. The minimum absolute atomic E-state index is 0.608. The number of hydrogen-bond acceptors (Lipinski definition) is 2. The molecule has 0 atom stereocenters. The molecule has 1 aliphatic rings. The molecule has 1 N–H and O–H groups in total. The quantitative estimate of drug-likeness (QED) is 0.790. The molecule has 1 aliphatic carbocycles. The van der Waals surface area contributed by atoms with Crippen LogP contribution in [-0.4, -0.2) is 16.5 Å². The highest BCUT2D eigenvalue weighted by Gasteiger charge is 2.21. The first kappa shape index (κ1) is 12.0. The smallest absolute Gasteiger partial charge is 0.0631 e. The molecule has 16 heavy (non-hydrogen) atoms. The van der Waals surface area contributed by atoms with Crippen LogP contribution in [0.2, 0.25) is 0 Å². The van der Waals surface area contributed by atoms with E-state index in [9.17, 15) is 5.11 Å². The number of aliphatic hydroxyl groups is 1. The van der Waals surface area contributed by atoms with Crippen LogP contribution in [0.1, 0.15) is 32.3 Å². The third kappa shape index (κ3) is 4.18. The van der Waals surface area contributed by atoms with Gasteiger partial charge in [-0.25, -0.2) is 0 Å². The first-order valence-electron chi connectivity index (χ1n) is 5.97. The van der Waals surface area contributed by atoms with Crippen molar-refractivity contribution in [1.29, 1.82) is 0 Å². The van der Waals surface area contributed by atoms with E-state index in [-0.39, 0.29) is 0 Å². The van der Waals surface area contributed by atoms with E-state index in [1.807, 2.05) is 25.6 Å². The second kappa shape index (κ2) is 4.80. The van der Waals surface area contributed by atoms with Gasteiger partial charge in [-0.3, -0.25) is 0 Å². The highest BCUT2D eigenvalue weighted by Crippen LogP contribution is 2.35. The molecule has 0 aromatic heterocycles. The summed E-state index contributed by atoms with van der Waals surface area (Å²) in [4.78, 5) is 1.35. The molecule has 0 bridgehead atoms. The Morgan fingerprint density at radius 2 is 1.88 bits per heavy atom. The summed E-state index contributed by atoms with van der Waals surface area (Å²) < 4.78 is 0. The second-order valence-corrected chi connectivity index (χ2v) is 6.48. The number of thioether (sulfide) groups is 1. The summed E-state index contributed by atoms with van der Waals surface area (Å²) in [5, 5.41) is 9.72. The van der Waals surface area contributed by atoms with Crippen molar-refractivity contribution in [3.63, 3.8) is 0 Å². The highest BCUT2D eigenvalue weighted by atomic mass is 32.2. The van der Waals surface area contributed by atoms with E-state index in [0.29, 0.717) is 0 Å². The van der Waals surface area contributed by atoms with E-state index in [1.165, 1.54) is 29.1 Å². The van der Waals surface area contributed by atoms with Gasteiger partial charge in [-0.1, -0.05) is 12.1 Å². The molecule has 2 rings (SSSR count). The Hall–Kier alpha value is -0.470. The topological polar surface area (TPSA) is 20.2 Å². The highest BCUT2D eigenvalue weighted by molar-refractivity contribution is 7.99. The molecule has 1 aromatic rings. The van der Waals surface area contributed by atoms with E-state index < -0.39 is 5.60 Å². The molecule has 1 aromatic carbocycles. The zero-order chi connectivity index (χ0) is 11.6. The summed E-state index contributed by atoms with van der Waals surface area (Å²) in [6.45, 7) is 3.70. The van der Waals surface area contributed by atoms with Crippen LogP contribution in [0.25, 0.3) is 0 Å². The van der Waals surface area contributed by atoms with Crippen LogP contribution in [-0.2, 0) is 6.42 Å². The van der Waals surface area contributed by atoms with Gasteiger partial charge in [-0.05, 0) is 50.3 Å². The molecule has 0 amide bonds. The van der Waals surface area contributed by atoms with Crippen LogP contribution < -0.4 is 0 Å². The van der Waals surface area contributed by atoms with Crippen molar-refractivity contribution in [1.82, 2.24) is 0 Å². The van der Waals surface area contributed by atoms with Gasteiger partial charge >= 0.3 is 0 Å². The number of rotatable bonds is 5. The minimum Gasteiger partial charge on any atom is -0.390 e. The summed E-state index contributed by atoms with van der Waals surface area (Å²) in [6, 6.07) is 8.61. The van der Waals surface area contributed by atoms with Gasteiger partial charge in [0.15, 0.2) is 0 Å². The van der Waals surface area contributed by atoms with E-state index >= 15 is 0 Å². The van der Waals surface area contributed by atoms with Crippen molar-refractivity contribution in [3.05, 3.63) is 29.8 Å². The third-order valence-electron chi connectivity index (χ3n) is 2.74. The molecule has 88 valence electrons. The van der Waals surface area contributed by atoms with Crippen LogP contribution in [0.4, 0.5) is 0 Å². The average molecular weight is 236 g/mol. The monoisotopic (exact) mass is 236 g/mol. The van der Waals surface area contributed by atoms with Crippen LogP contribution in [0.5, 0.6) is 0 Å². The summed E-state index contributed by atoms with van der Waals surface area (Å²) in [5.74, 6) is 2.24. The molecule has 0 unspecified atom stereocenters. The van der Waals surface area contributed by atoms with Crippen molar-refractivity contribution in [2.45, 2.75) is 43.6 Å². The molecular formula is C14H20OS. The van der Waals surface area contributed by atoms with Crippen LogP contribution in [0, 0.1) is 5.92 Å². The zero-order valence-corrected chi connectivity index (χ0v) is 10.9. The Labute approximate surface area is 102 Å². The lowest BCUT2D eigenvalue weighted by Crippen LogP contribution is -2.21. The molecule has 1 saturated carbocycles. The van der Waals surface area contributed by atoms with E-state index in [4.69, 9.17) is 0 Å². The second-order valence-electron chi connectivity index (χ2n) is 5.39.